The van der Waals surface area contributed by atoms with Crippen molar-refractivity contribution in [1.29, 1.82) is 0 Å². The monoisotopic (exact) mass is 297 g/mol. The Morgan fingerprint density at radius 1 is 1.33 bits per heavy atom. The summed E-state index contributed by atoms with van der Waals surface area (Å²) in [7, 11) is 0. The lowest BCUT2D eigenvalue weighted by Crippen LogP contribution is -2.03. The Kier molecular flexibility index (Phi) is 3.97. The van der Waals surface area contributed by atoms with E-state index in [1.807, 2.05) is 0 Å². The number of hydrogen-bond donors (Lipinski definition) is 0. The molecule has 0 N–H and O–H groups in total. The highest BCUT2D eigenvalue weighted by Gasteiger charge is 2.31. The zero-order valence-corrected chi connectivity index (χ0v) is 11.0. The summed E-state index contributed by atoms with van der Waals surface area (Å²) in [5.74, 6) is -0.697. The van der Waals surface area contributed by atoms with Gasteiger partial charge in [-0.1, -0.05) is 18.7 Å². The van der Waals surface area contributed by atoms with Gasteiger partial charge in [-0.15, -0.1) is 0 Å². The standard InChI is InChI=1S/C15H11F4NO/c1-3-5-10(11(16)4-2)14-20-12-8-9(15(17,18)19)6-7-13(12)21-14/h3-8H,1H2,2H3/b10-5+,11-4+. The fraction of sp³-hybridized carbons (Fsp3) is 0.133. The number of alkyl halides is 3. The van der Waals surface area contributed by atoms with Gasteiger partial charge >= 0.3 is 6.18 Å². The van der Waals surface area contributed by atoms with Gasteiger partial charge in [0.25, 0.3) is 0 Å². The molecule has 1 aromatic heterocycles. The van der Waals surface area contributed by atoms with E-state index in [2.05, 4.69) is 11.6 Å². The summed E-state index contributed by atoms with van der Waals surface area (Å²) >= 11 is 0. The van der Waals surface area contributed by atoms with Crippen LogP contribution in [0.1, 0.15) is 18.4 Å². The number of fused-ring (bicyclic) bond motifs is 1. The first-order chi connectivity index (χ1) is 9.86. The van der Waals surface area contributed by atoms with Crippen molar-refractivity contribution in [2.75, 3.05) is 0 Å². The molecule has 2 nitrogen and oxygen atoms in total. The average molecular weight is 297 g/mol. The Bertz CT molecular complexity index is 738. The zero-order chi connectivity index (χ0) is 15.6. The Balaban J connectivity index is 2.57. The van der Waals surface area contributed by atoms with Crippen molar-refractivity contribution < 1.29 is 22.0 Å². The van der Waals surface area contributed by atoms with Crippen LogP contribution >= 0.6 is 0 Å². The van der Waals surface area contributed by atoms with Gasteiger partial charge in [-0.2, -0.15) is 13.2 Å². The van der Waals surface area contributed by atoms with E-state index >= 15 is 0 Å². The van der Waals surface area contributed by atoms with Gasteiger partial charge in [-0.05, 0) is 31.2 Å². The van der Waals surface area contributed by atoms with Gasteiger partial charge in [0.2, 0.25) is 5.89 Å². The molecule has 21 heavy (non-hydrogen) atoms. The van der Waals surface area contributed by atoms with Crippen LogP contribution in [0.2, 0.25) is 0 Å². The maximum Gasteiger partial charge on any atom is 0.416 e. The van der Waals surface area contributed by atoms with Crippen molar-refractivity contribution in [3.8, 4) is 0 Å². The second kappa shape index (κ2) is 5.55. The molecular formula is C15H11F4NO. The summed E-state index contributed by atoms with van der Waals surface area (Å²) in [6.07, 6.45) is -0.591. The van der Waals surface area contributed by atoms with Crippen molar-refractivity contribution in [3.05, 3.63) is 60.3 Å². The number of halogens is 4. The predicted octanol–water partition coefficient (Wildman–Crippen LogP) is 5.29. The zero-order valence-electron chi connectivity index (χ0n) is 11.0. The molecule has 0 saturated carbocycles. The van der Waals surface area contributed by atoms with Crippen molar-refractivity contribution in [3.63, 3.8) is 0 Å². The van der Waals surface area contributed by atoms with Crippen molar-refractivity contribution in [2.45, 2.75) is 13.1 Å². The molecule has 0 aliphatic rings. The Labute approximate surface area is 118 Å². The van der Waals surface area contributed by atoms with E-state index in [9.17, 15) is 17.6 Å². The molecular weight excluding hydrogens is 286 g/mol. The van der Waals surface area contributed by atoms with Gasteiger partial charge in [0.15, 0.2) is 5.58 Å². The van der Waals surface area contributed by atoms with E-state index in [0.717, 1.165) is 18.2 Å². The molecule has 0 atom stereocenters. The van der Waals surface area contributed by atoms with Gasteiger partial charge < -0.3 is 4.42 Å². The fourth-order valence-electron chi connectivity index (χ4n) is 1.75. The SMILES string of the molecule is C=C/C=C(\C(F)=C/C)c1nc2cc(C(F)(F)F)ccc2o1. The van der Waals surface area contributed by atoms with Crippen LogP contribution < -0.4 is 0 Å². The normalized spacial score (nSPS) is 13.8. The molecule has 6 heteroatoms. The lowest BCUT2D eigenvalue weighted by atomic mass is 10.2. The number of benzene rings is 1. The number of oxazole rings is 1. The minimum atomic E-state index is -4.47. The van der Waals surface area contributed by atoms with E-state index < -0.39 is 17.6 Å². The largest absolute Gasteiger partial charge is 0.436 e. The van der Waals surface area contributed by atoms with E-state index in [0.29, 0.717) is 0 Å². The highest BCUT2D eigenvalue weighted by molar-refractivity contribution is 5.80. The van der Waals surface area contributed by atoms with Crippen molar-refractivity contribution in [1.82, 2.24) is 4.98 Å². The van der Waals surface area contributed by atoms with E-state index in [4.69, 9.17) is 4.42 Å². The van der Waals surface area contributed by atoms with Gasteiger partial charge in [0.05, 0.1) is 11.1 Å². The topological polar surface area (TPSA) is 26.0 Å². The number of nitrogens with zero attached hydrogens (tertiary/aromatic N) is 1. The summed E-state index contributed by atoms with van der Waals surface area (Å²) in [5, 5.41) is 0. The Morgan fingerprint density at radius 2 is 2.05 bits per heavy atom. The molecule has 2 aromatic rings. The van der Waals surface area contributed by atoms with Gasteiger partial charge in [0, 0.05) is 0 Å². The molecule has 110 valence electrons. The number of allylic oxidation sites excluding steroid dienone is 5. The van der Waals surface area contributed by atoms with Crippen LogP contribution in [0.3, 0.4) is 0 Å². The minimum Gasteiger partial charge on any atom is -0.436 e. The van der Waals surface area contributed by atoms with Crippen molar-refractivity contribution in [2.24, 2.45) is 0 Å². The summed E-state index contributed by atoms with van der Waals surface area (Å²) in [4.78, 5) is 3.91. The summed E-state index contributed by atoms with van der Waals surface area (Å²) in [6.45, 7) is 4.94. The van der Waals surface area contributed by atoms with Gasteiger partial charge in [-0.25, -0.2) is 9.37 Å². The smallest absolute Gasteiger partial charge is 0.416 e. The first-order valence-corrected chi connectivity index (χ1v) is 6.00. The van der Waals surface area contributed by atoms with Crippen LogP contribution in [0.25, 0.3) is 16.7 Å². The molecule has 0 amide bonds. The third-order valence-corrected chi connectivity index (χ3v) is 2.74. The third kappa shape index (κ3) is 3.04. The molecule has 0 aliphatic heterocycles. The van der Waals surface area contributed by atoms with E-state index in [-0.39, 0.29) is 22.6 Å². The van der Waals surface area contributed by atoms with Gasteiger partial charge in [-0.3, -0.25) is 0 Å². The predicted molar refractivity (Wildman–Crippen MR) is 72.1 cm³/mol. The quantitative estimate of drug-likeness (QED) is 0.568. The second-order valence-electron chi connectivity index (χ2n) is 4.15. The number of rotatable bonds is 3. The Hall–Kier alpha value is -2.37. The summed E-state index contributed by atoms with van der Waals surface area (Å²) < 4.78 is 56.9. The maximum atomic E-state index is 13.7. The van der Waals surface area contributed by atoms with Crippen LogP contribution in [0, 0.1) is 0 Å². The van der Waals surface area contributed by atoms with E-state index in [1.165, 1.54) is 25.2 Å². The van der Waals surface area contributed by atoms with Crippen molar-refractivity contribution >= 4 is 16.7 Å². The van der Waals surface area contributed by atoms with Crippen LogP contribution in [-0.4, -0.2) is 4.98 Å². The Morgan fingerprint density at radius 3 is 2.62 bits per heavy atom. The molecule has 0 radical (unpaired) electrons. The molecule has 0 unspecified atom stereocenters. The van der Waals surface area contributed by atoms with Crippen LogP contribution in [-0.2, 0) is 6.18 Å². The first kappa shape index (κ1) is 15.0. The highest BCUT2D eigenvalue weighted by Crippen LogP contribution is 2.33. The molecule has 0 bridgehead atoms. The second-order valence-corrected chi connectivity index (χ2v) is 4.15. The summed E-state index contributed by atoms with van der Waals surface area (Å²) in [5.41, 5.74) is -0.650. The third-order valence-electron chi connectivity index (χ3n) is 2.74. The molecule has 0 aliphatic carbocycles. The van der Waals surface area contributed by atoms with E-state index in [1.54, 1.807) is 0 Å². The average Bonchev–Trinajstić information content (AvgIpc) is 2.85. The highest BCUT2D eigenvalue weighted by atomic mass is 19.4. The molecule has 1 heterocycles. The van der Waals surface area contributed by atoms with Crippen LogP contribution in [0.5, 0.6) is 0 Å². The van der Waals surface area contributed by atoms with Crippen LogP contribution in [0.15, 0.2) is 53.3 Å². The molecule has 0 spiro atoms. The molecule has 1 aromatic carbocycles. The fourth-order valence-corrected chi connectivity index (χ4v) is 1.75. The minimum absolute atomic E-state index is 0.0127. The molecule has 2 rings (SSSR count). The first-order valence-electron chi connectivity index (χ1n) is 6.00. The van der Waals surface area contributed by atoms with Crippen LogP contribution in [0.4, 0.5) is 17.6 Å². The maximum absolute atomic E-state index is 13.7. The molecule has 0 saturated heterocycles. The number of aromatic nitrogens is 1. The summed E-state index contributed by atoms with van der Waals surface area (Å²) in [6, 6.07) is 2.91. The lowest BCUT2D eigenvalue weighted by molar-refractivity contribution is -0.137. The lowest BCUT2D eigenvalue weighted by Gasteiger charge is -2.04. The van der Waals surface area contributed by atoms with Gasteiger partial charge in [0.1, 0.15) is 11.3 Å². The molecule has 0 fully saturated rings. The number of hydrogen-bond acceptors (Lipinski definition) is 2.